The molecule has 1 N–H and O–H groups in total. The van der Waals surface area contributed by atoms with Crippen LogP contribution >= 0.6 is 24.0 Å². The molecule has 1 aliphatic rings. The summed E-state index contributed by atoms with van der Waals surface area (Å²) >= 11 is 6.53. The molecule has 2 rings (SSSR count). The fraction of sp³-hybridized carbons (Fsp3) is 0.500. The number of carbonyl (C=O) groups is 1. The van der Waals surface area contributed by atoms with Crippen LogP contribution in [0.15, 0.2) is 24.3 Å². The van der Waals surface area contributed by atoms with Crippen molar-refractivity contribution < 1.29 is 18.0 Å². The van der Waals surface area contributed by atoms with Crippen molar-refractivity contribution in [1.29, 1.82) is 0 Å². The third-order valence-electron chi connectivity index (χ3n) is 3.70. The Hall–Kier alpha value is -1.28. The van der Waals surface area contributed by atoms with Crippen LogP contribution in [0.2, 0.25) is 0 Å². The number of alkyl halides is 3. The first kappa shape index (κ1) is 19.1. The molecule has 1 aromatic carbocycles. The lowest BCUT2D eigenvalue weighted by Gasteiger charge is -2.22. The van der Waals surface area contributed by atoms with Gasteiger partial charge in [0.25, 0.3) is 0 Å². The van der Waals surface area contributed by atoms with Crippen molar-refractivity contribution in [3.05, 3.63) is 29.8 Å². The number of amides is 1. The number of nitrogens with one attached hydrogen (secondary N) is 1. The molecule has 0 spiro atoms. The summed E-state index contributed by atoms with van der Waals surface area (Å²) in [6.45, 7) is 1.76. The summed E-state index contributed by atoms with van der Waals surface area (Å²) in [6.07, 6.45) is 0.00701. The molecule has 0 atom stereocenters. The molecule has 1 heterocycles. The highest BCUT2D eigenvalue weighted by Crippen LogP contribution is 2.34. The van der Waals surface area contributed by atoms with E-state index in [-0.39, 0.29) is 11.4 Å². The molecule has 1 aromatic rings. The van der Waals surface area contributed by atoms with E-state index in [2.05, 4.69) is 10.2 Å². The zero-order chi connectivity index (χ0) is 17.6. The molecule has 0 saturated carbocycles. The molecule has 8 heteroatoms. The van der Waals surface area contributed by atoms with E-state index in [0.717, 1.165) is 32.0 Å². The number of halogens is 3. The van der Waals surface area contributed by atoms with Crippen molar-refractivity contribution in [2.45, 2.75) is 31.9 Å². The Balaban J connectivity index is 1.89. The van der Waals surface area contributed by atoms with Gasteiger partial charge in [0.2, 0.25) is 5.91 Å². The van der Waals surface area contributed by atoms with Gasteiger partial charge in [-0.3, -0.25) is 4.79 Å². The first-order valence-corrected chi connectivity index (χ1v) is 9.15. The third kappa shape index (κ3) is 5.66. The Morgan fingerprint density at radius 2 is 1.79 bits per heavy atom. The fourth-order valence-corrected chi connectivity index (χ4v) is 3.55. The van der Waals surface area contributed by atoms with Crippen molar-refractivity contribution in [2.24, 2.45) is 0 Å². The fourth-order valence-electron chi connectivity index (χ4n) is 2.50. The molecule has 1 amide bonds. The number of hydrogen-bond acceptors (Lipinski definition) is 3. The molecule has 1 fully saturated rings. The Labute approximate surface area is 149 Å². The van der Waals surface area contributed by atoms with Crippen LogP contribution < -0.4 is 5.32 Å². The molecule has 1 saturated heterocycles. The SMILES string of the molecule is O=C(CSC(=S)N1CCCCCC1)Nc1ccccc1C(F)(F)F. The van der Waals surface area contributed by atoms with Gasteiger partial charge >= 0.3 is 6.18 Å². The molecule has 0 bridgehead atoms. The number of anilines is 1. The number of thioether (sulfide) groups is 1. The normalized spacial score (nSPS) is 15.7. The number of rotatable bonds is 3. The van der Waals surface area contributed by atoms with Gasteiger partial charge in [-0.25, -0.2) is 0 Å². The largest absolute Gasteiger partial charge is 0.418 e. The van der Waals surface area contributed by atoms with E-state index >= 15 is 0 Å². The van der Waals surface area contributed by atoms with Crippen LogP contribution in [0.3, 0.4) is 0 Å². The predicted octanol–water partition coefficient (Wildman–Crippen LogP) is 4.54. The topological polar surface area (TPSA) is 32.3 Å². The maximum Gasteiger partial charge on any atom is 0.418 e. The minimum atomic E-state index is -4.50. The lowest BCUT2D eigenvalue weighted by Crippen LogP contribution is -2.29. The number of carbonyl (C=O) groups excluding carboxylic acids is 1. The van der Waals surface area contributed by atoms with E-state index in [1.807, 2.05) is 0 Å². The summed E-state index contributed by atoms with van der Waals surface area (Å²) in [5.41, 5.74) is -1.07. The van der Waals surface area contributed by atoms with Gasteiger partial charge < -0.3 is 10.2 Å². The monoisotopic (exact) mass is 376 g/mol. The average molecular weight is 376 g/mol. The number of benzene rings is 1. The molecular weight excluding hydrogens is 357 g/mol. The number of thiocarbonyl (C=S) groups is 1. The van der Waals surface area contributed by atoms with Gasteiger partial charge in [-0.1, -0.05) is 49.0 Å². The van der Waals surface area contributed by atoms with Crippen LogP contribution in [0, 0.1) is 0 Å². The zero-order valence-corrected chi connectivity index (χ0v) is 14.7. The van der Waals surface area contributed by atoms with E-state index in [4.69, 9.17) is 12.2 Å². The van der Waals surface area contributed by atoms with E-state index < -0.39 is 17.6 Å². The third-order valence-corrected chi connectivity index (χ3v) is 5.22. The molecule has 0 aromatic heterocycles. The minimum absolute atomic E-state index is 0.00151. The van der Waals surface area contributed by atoms with Gasteiger partial charge in [0, 0.05) is 13.1 Å². The molecule has 0 aliphatic carbocycles. The average Bonchev–Trinajstić information content (AvgIpc) is 2.81. The zero-order valence-electron chi connectivity index (χ0n) is 13.1. The van der Waals surface area contributed by atoms with Crippen LogP contribution in [0.5, 0.6) is 0 Å². The number of hydrogen-bond donors (Lipinski definition) is 1. The highest BCUT2D eigenvalue weighted by Gasteiger charge is 2.33. The number of para-hydroxylation sites is 1. The van der Waals surface area contributed by atoms with Gasteiger partial charge in [-0.05, 0) is 25.0 Å². The van der Waals surface area contributed by atoms with Crippen LogP contribution in [-0.2, 0) is 11.0 Å². The number of nitrogens with zero attached hydrogens (tertiary/aromatic N) is 1. The summed E-state index contributed by atoms with van der Waals surface area (Å²) < 4.78 is 39.4. The molecular formula is C16H19F3N2OS2. The predicted molar refractivity (Wildman–Crippen MR) is 95.2 cm³/mol. The standard InChI is InChI=1S/C16H19F3N2OS2/c17-16(18,19)12-7-3-4-8-13(12)20-14(22)11-24-15(23)21-9-5-1-2-6-10-21/h3-4,7-8H,1-2,5-6,9-11H2,(H,20,22). The van der Waals surface area contributed by atoms with Crippen molar-refractivity contribution >= 4 is 39.9 Å². The van der Waals surface area contributed by atoms with Gasteiger partial charge in [-0.2, -0.15) is 13.2 Å². The van der Waals surface area contributed by atoms with Gasteiger partial charge in [-0.15, -0.1) is 0 Å². The van der Waals surface area contributed by atoms with Gasteiger partial charge in [0.05, 0.1) is 17.0 Å². The Bertz CT molecular complexity index is 585. The van der Waals surface area contributed by atoms with Crippen LogP contribution in [0.1, 0.15) is 31.2 Å². The summed E-state index contributed by atoms with van der Waals surface area (Å²) in [5.74, 6) is -0.490. The van der Waals surface area contributed by atoms with Crippen LogP contribution in [-0.4, -0.2) is 34.0 Å². The molecule has 0 unspecified atom stereocenters. The molecule has 1 aliphatic heterocycles. The Morgan fingerprint density at radius 1 is 1.17 bits per heavy atom. The Morgan fingerprint density at radius 3 is 2.42 bits per heavy atom. The lowest BCUT2D eigenvalue weighted by atomic mass is 10.1. The van der Waals surface area contributed by atoms with E-state index in [0.29, 0.717) is 4.32 Å². The van der Waals surface area contributed by atoms with Crippen LogP contribution in [0.4, 0.5) is 18.9 Å². The molecule has 132 valence electrons. The van der Waals surface area contributed by atoms with E-state index in [9.17, 15) is 18.0 Å². The second-order valence-corrected chi connectivity index (χ2v) is 7.16. The summed E-state index contributed by atoms with van der Waals surface area (Å²) in [7, 11) is 0. The summed E-state index contributed by atoms with van der Waals surface area (Å²) in [6, 6.07) is 4.95. The first-order valence-electron chi connectivity index (χ1n) is 7.75. The second-order valence-electron chi connectivity index (χ2n) is 5.55. The highest BCUT2D eigenvalue weighted by atomic mass is 32.2. The smallest absolute Gasteiger partial charge is 0.358 e. The van der Waals surface area contributed by atoms with Gasteiger partial charge in [0.1, 0.15) is 4.32 Å². The quantitative estimate of drug-likeness (QED) is 0.785. The molecule has 24 heavy (non-hydrogen) atoms. The summed E-state index contributed by atoms with van der Waals surface area (Å²) in [4.78, 5) is 14.0. The van der Waals surface area contributed by atoms with Crippen molar-refractivity contribution in [2.75, 3.05) is 24.2 Å². The highest BCUT2D eigenvalue weighted by molar-refractivity contribution is 8.23. The van der Waals surface area contributed by atoms with E-state index in [1.165, 1.54) is 42.8 Å². The van der Waals surface area contributed by atoms with E-state index in [1.54, 1.807) is 0 Å². The van der Waals surface area contributed by atoms with Crippen molar-refractivity contribution in [3.8, 4) is 0 Å². The minimum Gasteiger partial charge on any atom is -0.358 e. The maximum absolute atomic E-state index is 12.9. The number of likely N-dealkylation sites (tertiary alicyclic amines) is 1. The summed E-state index contributed by atoms with van der Waals surface area (Å²) in [5, 5.41) is 2.33. The van der Waals surface area contributed by atoms with Crippen molar-refractivity contribution in [3.63, 3.8) is 0 Å². The maximum atomic E-state index is 12.9. The van der Waals surface area contributed by atoms with Crippen LogP contribution in [0.25, 0.3) is 0 Å². The second kappa shape index (κ2) is 8.71. The first-order chi connectivity index (χ1) is 11.4. The lowest BCUT2D eigenvalue weighted by molar-refractivity contribution is -0.137. The molecule has 3 nitrogen and oxygen atoms in total. The van der Waals surface area contributed by atoms with Crippen molar-refractivity contribution in [1.82, 2.24) is 4.90 Å². The Kier molecular flexibility index (Phi) is 6.91. The molecule has 0 radical (unpaired) electrons. The van der Waals surface area contributed by atoms with Gasteiger partial charge in [0.15, 0.2) is 0 Å².